The Morgan fingerprint density at radius 3 is 2.62 bits per heavy atom. The maximum absolute atomic E-state index is 12.7. The fraction of sp³-hybridized carbons (Fsp3) is 0.250. The highest BCUT2D eigenvalue weighted by Crippen LogP contribution is 2.24. The molecule has 4 nitrogen and oxygen atoms in total. The molecule has 0 unspecified atom stereocenters. The standard InChI is InChI=1S/C20H21N3O/c1-14(2)7-12-22-20(24)17-13-19(15-8-10-21-11-9-15)23-18-6-4-3-5-16(17)18/h3-6,8-11,13-14H,7,12H2,1-2H3,(H,22,24). The molecular weight excluding hydrogens is 298 g/mol. The van der Waals surface area contributed by atoms with Gasteiger partial charge in [0.05, 0.1) is 16.8 Å². The minimum Gasteiger partial charge on any atom is -0.352 e. The number of benzene rings is 1. The summed E-state index contributed by atoms with van der Waals surface area (Å²) in [5, 5.41) is 3.89. The van der Waals surface area contributed by atoms with Crippen molar-refractivity contribution in [2.45, 2.75) is 20.3 Å². The maximum atomic E-state index is 12.7. The quantitative estimate of drug-likeness (QED) is 0.771. The molecule has 1 aromatic carbocycles. The molecule has 1 N–H and O–H groups in total. The van der Waals surface area contributed by atoms with Crippen LogP contribution in [0.15, 0.2) is 54.9 Å². The van der Waals surface area contributed by atoms with E-state index in [1.54, 1.807) is 12.4 Å². The molecule has 1 amide bonds. The van der Waals surface area contributed by atoms with Crippen molar-refractivity contribution < 1.29 is 4.79 Å². The number of amides is 1. The van der Waals surface area contributed by atoms with Gasteiger partial charge in [0.15, 0.2) is 0 Å². The Labute approximate surface area is 142 Å². The summed E-state index contributed by atoms with van der Waals surface area (Å²) in [6.45, 7) is 4.98. The van der Waals surface area contributed by atoms with Gasteiger partial charge in [-0.3, -0.25) is 9.78 Å². The number of nitrogens with one attached hydrogen (secondary N) is 1. The zero-order chi connectivity index (χ0) is 16.9. The summed E-state index contributed by atoms with van der Waals surface area (Å²) in [6, 6.07) is 13.4. The summed E-state index contributed by atoms with van der Waals surface area (Å²) < 4.78 is 0. The van der Waals surface area contributed by atoms with Gasteiger partial charge >= 0.3 is 0 Å². The summed E-state index contributed by atoms with van der Waals surface area (Å²) in [7, 11) is 0. The average molecular weight is 319 g/mol. The molecule has 0 bridgehead atoms. The first-order chi connectivity index (χ1) is 11.6. The van der Waals surface area contributed by atoms with Crippen LogP contribution >= 0.6 is 0 Å². The number of hydrogen-bond acceptors (Lipinski definition) is 3. The molecule has 3 aromatic rings. The highest BCUT2D eigenvalue weighted by atomic mass is 16.1. The number of pyridine rings is 2. The highest BCUT2D eigenvalue weighted by molar-refractivity contribution is 6.07. The number of carbonyl (C=O) groups is 1. The van der Waals surface area contributed by atoms with Crippen LogP contribution in [0.1, 0.15) is 30.6 Å². The molecule has 0 spiro atoms. The molecular formula is C20H21N3O. The Morgan fingerprint density at radius 2 is 1.88 bits per heavy atom. The second-order valence-corrected chi connectivity index (χ2v) is 6.25. The Morgan fingerprint density at radius 1 is 1.12 bits per heavy atom. The summed E-state index contributed by atoms with van der Waals surface area (Å²) >= 11 is 0. The van der Waals surface area contributed by atoms with E-state index < -0.39 is 0 Å². The first kappa shape index (κ1) is 16.1. The lowest BCUT2D eigenvalue weighted by atomic mass is 10.0. The molecule has 0 fully saturated rings. The maximum Gasteiger partial charge on any atom is 0.252 e. The van der Waals surface area contributed by atoms with Crippen molar-refractivity contribution in [1.29, 1.82) is 0 Å². The van der Waals surface area contributed by atoms with Crippen LogP contribution in [0.25, 0.3) is 22.2 Å². The third-order valence-corrected chi connectivity index (χ3v) is 3.94. The smallest absolute Gasteiger partial charge is 0.252 e. The Kier molecular flexibility index (Phi) is 4.85. The minimum absolute atomic E-state index is 0.0513. The second kappa shape index (κ2) is 7.21. The van der Waals surface area contributed by atoms with E-state index in [2.05, 4.69) is 29.1 Å². The molecule has 4 heteroatoms. The number of para-hydroxylation sites is 1. The number of fused-ring (bicyclic) bond motifs is 1. The zero-order valence-corrected chi connectivity index (χ0v) is 14.0. The van der Waals surface area contributed by atoms with Crippen LogP contribution in [-0.4, -0.2) is 22.4 Å². The van der Waals surface area contributed by atoms with Gasteiger partial charge in [0.1, 0.15) is 0 Å². The van der Waals surface area contributed by atoms with E-state index in [1.807, 2.05) is 42.5 Å². The third-order valence-electron chi connectivity index (χ3n) is 3.94. The molecule has 0 aliphatic heterocycles. The van der Waals surface area contributed by atoms with Crippen molar-refractivity contribution in [3.8, 4) is 11.3 Å². The molecule has 0 atom stereocenters. The molecule has 0 aliphatic rings. The van der Waals surface area contributed by atoms with Gasteiger partial charge in [-0.25, -0.2) is 4.98 Å². The van der Waals surface area contributed by atoms with Crippen LogP contribution in [-0.2, 0) is 0 Å². The van der Waals surface area contributed by atoms with Crippen molar-refractivity contribution in [2.24, 2.45) is 5.92 Å². The molecule has 24 heavy (non-hydrogen) atoms. The second-order valence-electron chi connectivity index (χ2n) is 6.25. The van der Waals surface area contributed by atoms with Crippen LogP contribution in [0.2, 0.25) is 0 Å². The van der Waals surface area contributed by atoms with E-state index in [0.29, 0.717) is 18.0 Å². The summed E-state index contributed by atoms with van der Waals surface area (Å²) in [5.74, 6) is 0.511. The van der Waals surface area contributed by atoms with Gasteiger partial charge in [-0.1, -0.05) is 32.0 Å². The molecule has 0 radical (unpaired) electrons. The lowest BCUT2D eigenvalue weighted by molar-refractivity contribution is 0.0953. The molecule has 2 aromatic heterocycles. The Hall–Kier alpha value is -2.75. The highest BCUT2D eigenvalue weighted by Gasteiger charge is 2.13. The van der Waals surface area contributed by atoms with Gasteiger partial charge in [-0.05, 0) is 36.6 Å². The van der Waals surface area contributed by atoms with Gasteiger partial charge in [0.2, 0.25) is 0 Å². The number of carbonyl (C=O) groups excluding carboxylic acids is 1. The first-order valence-corrected chi connectivity index (χ1v) is 8.23. The average Bonchev–Trinajstić information content (AvgIpc) is 2.61. The Balaban J connectivity index is 2.00. The van der Waals surface area contributed by atoms with E-state index in [-0.39, 0.29) is 5.91 Å². The molecule has 0 saturated heterocycles. The number of hydrogen-bond donors (Lipinski definition) is 1. The zero-order valence-electron chi connectivity index (χ0n) is 14.0. The first-order valence-electron chi connectivity index (χ1n) is 8.23. The van der Waals surface area contributed by atoms with E-state index in [1.165, 1.54) is 0 Å². The van der Waals surface area contributed by atoms with E-state index in [9.17, 15) is 4.79 Å². The largest absolute Gasteiger partial charge is 0.352 e. The molecule has 0 saturated carbocycles. The van der Waals surface area contributed by atoms with E-state index in [4.69, 9.17) is 0 Å². The van der Waals surface area contributed by atoms with E-state index >= 15 is 0 Å². The topological polar surface area (TPSA) is 54.9 Å². The molecule has 122 valence electrons. The van der Waals surface area contributed by atoms with Gasteiger partial charge in [-0.15, -0.1) is 0 Å². The van der Waals surface area contributed by atoms with Crippen molar-refractivity contribution in [2.75, 3.05) is 6.54 Å². The van der Waals surface area contributed by atoms with Crippen molar-refractivity contribution in [3.63, 3.8) is 0 Å². The third kappa shape index (κ3) is 3.59. The molecule has 0 aliphatic carbocycles. The number of nitrogens with zero attached hydrogens (tertiary/aromatic N) is 2. The van der Waals surface area contributed by atoms with Gasteiger partial charge < -0.3 is 5.32 Å². The van der Waals surface area contributed by atoms with Crippen LogP contribution < -0.4 is 5.32 Å². The fourth-order valence-corrected chi connectivity index (χ4v) is 2.60. The SMILES string of the molecule is CC(C)CCNC(=O)c1cc(-c2ccncc2)nc2ccccc12. The summed E-state index contributed by atoms with van der Waals surface area (Å²) in [6.07, 6.45) is 4.43. The van der Waals surface area contributed by atoms with Crippen molar-refractivity contribution in [1.82, 2.24) is 15.3 Å². The van der Waals surface area contributed by atoms with Crippen LogP contribution in [0, 0.1) is 5.92 Å². The predicted molar refractivity (Wildman–Crippen MR) is 96.8 cm³/mol. The summed E-state index contributed by atoms with van der Waals surface area (Å²) in [4.78, 5) is 21.4. The van der Waals surface area contributed by atoms with Crippen LogP contribution in [0.5, 0.6) is 0 Å². The summed E-state index contributed by atoms with van der Waals surface area (Å²) in [5.41, 5.74) is 3.22. The lowest BCUT2D eigenvalue weighted by Gasteiger charge is -2.11. The van der Waals surface area contributed by atoms with Gasteiger partial charge in [0, 0.05) is 29.9 Å². The predicted octanol–water partition coefficient (Wildman–Crippen LogP) is 4.07. The van der Waals surface area contributed by atoms with Gasteiger partial charge in [0.25, 0.3) is 5.91 Å². The van der Waals surface area contributed by atoms with Crippen molar-refractivity contribution >= 4 is 16.8 Å². The van der Waals surface area contributed by atoms with Crippen molar-refractivity contribution in [3.05, 3.63) is 60.4 Å². The number of rotatable bonds is 5. The minimum atomic E-state index is -0.0513. The molecule has 3 rings (SSSR count). The fourth-order valence-electron chi connectivity index (χ4n) is 2.60. The van der Waals surface area contributed by atoms with E-state index in [0.717, 1.165) is 28.6 Å². The monoisotopic (exact) mass is 319 g/mol. The lowest BCUT2D eigenvalue weighted by Crippen LogP contribution is -2.25. The number of aromatic nitrogens is 2. The molecule has 2 heterocycles. The Bertz CT molecular complexity index is 844. The van der Waals surface area contributed by atoms with Crippen LogP contribution in [0.3, 0.4) is 0 Å². The van der Waals surface area contributed by atoms with Gasteiger partial charge in [-0.2, -0.15) is 0 Å². The normalized spacial score (nSPS) is 11.0. The van der Waals surface area contributed by atoms with Crippen LogP contribution in [0.4, 0.5) is 0 Å².